The van der Waals surface area contributed by atoms with Crippen LogP contribution in [0.4, 0.5) is 4.79 Å². The highest BCUT2D eigenvalue weighted by molar-refractivity contribution is 6.36. The van der Waals surface area contributed by atoms with Crippen molar-refractivity contribution < 1.29 is 14.7 Å². The molecule has 1 aliphatic carbocycles. The monoisotopic (exact) mass is 399 g/mol. The molecule has 2 aliphatic rings. The number of carbonyl (C=O) groups is 2. The number of phenolic OH excluding ortho intramolecular Hbond substituents is 1. The fraction of sp³-hybridized carbons (Fsp3) is 0.556. The Morgan fingerprint density at radius 3 is 2.46 bits per heavy atom. The molecule has 0 spiro atoms. The molecule has 26 heavy (non-hydrogen) atoms. The Kier molecular flexibility index (Phi) is 6.14. The minimum Gasteiger partial charge on any atom is -0.506 e. The Balaban J connectivity index is 1.47. The molecule has 3 N–H and O–H groups in total. The molecule has 0 bridgehead atoms. The second kappa shape index (κ2) is 8.35. The highest BCUT2D eigenvalue weighted by Gasteiger charge is 2.26. The number of aromatic hydroxyl groups is 1. The summed E-state index contributed by atoms with van der Waals surface area (Å²) in [6.07, 6.45) is 5.00. The SMILES string of the molecule is O=C(NC1CCN(C(=O)NCC2CCC2)CC1)c1cc(Cl)cc(Cl)c1O. The topological polar surface area (TPSA) is 81.7 Å². The van der Waals surface area contributed by atoms with Gasteiger partial charge in [-0.1, -0.05) is 29.6 Å². The Morgan fingerprint density at radius 2 is 1.85 bits per heavy atom. The largest absolute Gasteiger partial charge is 0.506 e. The molecule has 0 unspecified atom stereocenters. The quantitative estimate of drug-likeness (QED) is 0.725. The van der Waals surface area contributed by atoms with E-state index in [0.717, 1.165) is 6.54 Å². The number of amides is 3. The van der Waals surface area contributed by atoms with Crippen molar-refractivity contribution in [3.05, 3.63) is 27.7 Å². The summed E-state index contributed by atoms with van der Waals surface area (Å²) in [6, 6.07) is 2.69. The van der Waals surface area contributed by atoms with Crippen LogP contribution in [0.1, 0.15) is 42.5 Å². The van der Waals surface area contributed by atoms with Crippen molar-refractivity contribution in [2.45, 2.75) is 38.1 Å². The van der Waals surface area contributed by atoms with Gasteiger partial charge in [0.05, 0.1) is 10.6 Å². The molecule has 0 aromatic heterocycles. The van der Waals surface area contributed by atoms with Crippen LogP contribution in [-0.4, -0.2) is 47.6 Å². The van der Waals surface area contributed by atoms with Gasteiger partial charge in [0.15, 0.2) is 0 Å². The third-order valence-electron chi connectivity index (χ3n) is 5.16. The zero-order chi connectivity index (χ0) is 18.7. The lowest BCUT2D eigenvalue weighted by molar-refractivity contribution is 0.0915. The molecular weight excluding hydrogens is 377 g/mol. The zero-order valence-electron chi connectivity index (χ0n) is 14.4. The van der Waals surface area contributed by atoms with Crippen LogP contribution in [0, 0.1) is 5.92 Å². The molecule has 1 heterocycles. The molecule has 3 amide bonds. The summed E-state index contributed by atoms with van der Waals surface area (Å²) < 4.78 is 0. The highest BCUT2D eigenvalue weighted by atomic mass is 35.5. The second-order valence-electron chi connectivity index (χ2n) is 7.00. The predicted octanol–water partition coefficient (Wildman–Crippen LogP) is 3.40. The highest BCUT2D eigenvalue weighted by Crippen LogP contribution is 2.31. The van der Waals surface area contributed by atoms with Gasteiger partial charge in [0.25, 0.3) is 5.91 Å². The number of piperidine rings is 1. The normalized spacial score (nSPS) is 18.3. The molecule has 1 saturated carbocycles. The first-order valence-electron chi connectivity index (χ1n) is 8.95. The van der Waals surface area contributed by atoms with Crippen molar-refractivity contribution in [3.63, 3.8) is 0 Å². The van der Waals surface area contributed by atoms with Gasteiger partial charge in [-0.05, 0) is 43.7 Å². The molecule has 1 saturated heterocycles. The third kappa shape index (κ3) is 4.54. The zero-order valence-corrected chi connectivity index (χ0v) is 15.9. The third-order valence-corrected chi connectivity index (χ3v) is 5.66. The van der Waals surface area contributed by atoms with E-state index in [-0.39, 0.29) is 33.4 Å². The Hall–Kier alpha value is -1.66. The smallest absolute Gasteiger partial charge is 0.317 e. The van der Waals surface area contributed by atoms with Crippen LogP contribution in [0.25, 0.3) is 0 Å². The summed E-state index contributed by atoms with van der Waals surface area (Å²) in [6.45, 7) is 1.93. The summed E-state index contributed by atoms with van der Waals surface area (Å²) in [7, 11) is 0. The van der Waals surface area contributed by atoms with E-state index in [1.807, 2.05) is 0 Å². The minimum absolute atomic E-state index is 0.0269. The fourth-order valence-corrected chi connectivity index (χ4v) is 3.76. The second-order valence-corrected chi connectivity index (χ2v) is 7.85. The molecule has 142 valence electrons. The maximum Gasteiger partial charge on any atom is 0.317 e. The number of halogens is 2. The number of urea groups is 1. The minimum atomic E-state index is -0.417. The lowest BCUT2D eigenvalue weighted by Crippen LogP contribution is -2.50. The number of nitrogens with zero attached hydrogens (tertiary/aromatic N) is 1. The molecule has 0 radical (unpaired) electrons. The average molecular weight is 400 g/mol. The first-order chi connectivity index (χ1) is 12.4. The van der Waals surface area contributed by atoms with E-state index in [9.17, 15) is 14.7 Å². The molecule has 8 heteroatoms. The number of hydrogen-bond donors (Lipinski definition) is 3. The number of benzene rings is 1. The van der Waals surface area contributed by atoms with Crippen molar-refractivity contribution in [2.75, 3.05) is 19.6 Å². The fourth-order valence-electron chi connectivity index (χ4n) is 3.27. The Morgan fingerprint density at radius 1 is 1.15 bits per heavy atom. The standard InChI is InChI=1S/C18H23Cl2N3O3/c19-12-8-14(16(24)15(20)9-12)17(25)22-13-4-6-23(7-5-13)18(26)21-10-11-2-1-3-11/h8-9,11,13,24H,1-7,10H2,(H,21,26)(H,22,25). The van der Waals surface area contributed by atoms with Crippen molar-refractivity contribution in [1.82, 2.24) is 15.5 Å². The van der Waals surface area contributed by atoms with Crippen LogP contribution in [0.15, 0.2) is 12.1 Å². The van der Waals surface area contributed by atoms with Crippen LogP contribution >= 0.6 is 23.2 Å². The lowest BCUT2D eigenvalue weighted by Gasteiger charge is -2.33. The van der Waals surface area contributed by atoms with E-state index in [2.05, 4.69) is 10.6 Å². The molecular formula is C18H23Cl2N3O3. The van der Waals surface area contributed by atoms with Gasteiger partial charge in [0.1, 0.15) is 5.75 Å². The van der Waals surface area contributed by atoms with Gasteiger partial charge in [-0.3, -0.25) is 4.79 Å². The number of hydrogen-bond acceptors (Lipinski definition) is 3. The lowest BCUT2D eigenvalue weighted by atomic mass is 9.85. The van der Waals surface area contributed by atoms with Crippen molar-refractivity contribution in [2.24, 2.45) is 5.92 Å². The maximum absolute atomic E-state index is 12.4. The van der Waals surface area contributed by atoms with Crippen LogP contribution in [0.5, 0.6) is 5.75 Å². The summed E-state index contributed by atoms with van der Waals surface area (Å²) >= 11 is 11.8. The van der Waals surface area contributed by atoms with Crippen molar-refractivity contribution in [1.29, 1.82) is 0 Å². The van der Waals surface area contributed by atoms with Gasteiger partial charge < -0.3 is 20.6 Å². The molecule has 2 fully saturated rings. The van der Waals surface area contributed by atoms with Gasteiger partial charge in [-0.15, -0.1) is 0 Å². The van der Waals surface area contributed by atoms with Crippen molar-refractivity contribution in [3.8, 4) is 5.75 Å². The predicted molar refractivity (Wildman–Crippen MR) is 101 cm³/mol. The van der Waals surface area contributed by atoms with Crippen LogP contribution < -0.4 is 10.6 Å². The molecule has 1 aromatic carbocycles. The van der Waals surface area contributed by atoms with Gasteiger partial charge in [0, 0.05) is 30.7 Å². The summed E-state index contributed by atoms with van der Waals surface area (Å²) in [5, 5.41) is 16.2. The van der Waals surface area contributed by atoms with E-state index in [0.29, 0.717) is 31.8 Å². The number of carbonyl (C=O) groups excluding carboxylic acids is 2. The van der Waals surface area contributed by atoms with Gasteiger partial charge in [-0.25, -0.2) is 4.79 Å². The van der Waals surface area contributed by atoms with E-state index >= 15 is 0 Å². The molecule has 3 rings (SSSR count). The number of nitrogens with one attached hydrogen (secondary N) is 2. The molecule has 0 atom stereocenters. The van der Waals surface area contributed by atoms with E-state index in [4.69, 9.17) is 23.2 Å². The Labute approximate surface area is 162 Å². The number of phenols is 1. The molecule has 1 aliphatic heterocycles. The van der Waals surface area contributed by atoms with Crippen LogP contribution in [0.2, 0.25) is 10.0 Å². The maximum atomic E-state index is 12.4. The van der Waals surface area contributed by atoms with Crippen LogP contribution in [0.3, 0.4) is 0 Å². The first-order valence-corrected chi connectivity index (χ1v) is 9.71. The number of likely N-dealkylation sites (tertiary alicyclic amines) is 1. The van der Waals surface area contributed by atoms with Crippen LogP contribution in [-0.2, 0) is 0 Å². The van der Waals surface area contributed by atoms with Gasteiger partial charge in [0.2, 0.25) is 0 Å². The summed E-state index contributed by atoms with van der Waals surface area (Å²) in [4.78, 5) is 26.4. The van der Waals surface area contributed by atoms with E-state index in [1.54, 1.807) is 4.90 Å². The van der Waals surface area contributed by atoms with Gasteiger partial charge >= 0.3 is 6.03 Å². The van der Waals surface area contributed by atoms with E-state index < -0.39 is 5.91 Å². The summed E-state index contributed by atoms with van der Waals surface area (Å²) in [5.41, 5.74) is 0.0585. The summed E-state index contributed by atoms with van der Waals surface area (Å²) in [5.74, 6) is -0.0610. The first kappa shape index (κ1) is 19.1. The Bertz CT molecular complexity index is 687. The molecule has 6 nitrogen and oxygen atoms in total. The van der Waals surface area contributed by atoms with Crippen molar-refractivity contribution >= 4 is 35.1 Å². The molecule has 1 aromatic rings. The number of rotatable bonds is 4. The van der Waals surface area contributed by atoms with E-state index in [1.165, 1.54) is 31.4 Å². The average Bonchev–Trinajstić information content (AvgIpc) is 2.57. The van der Waals surface area contributed by atoms with Gasteiger partial charge in [-0.2, -0.15) is 0 Å².